The van der Waals surface area contributed by atoms with E-state index in [1.165, 1.54) is 11.4 Å². The van der Waals surface area contributed by atoms with E-state index < -0.39 is 21.7 Å². The Morgan fingerprint density at radius 2 is 2.06 bits per heavy atom. The highest BCUT2D eigenvalue weighted by molar-refractivity contribution is 7.92. The van der Waals surface area contributed by atoms with E-state index in [-0.39, 0.29) is 9.23 Å². The maximum atomic E-state index is 11.7. The quantitative estimate of drug-likeness (QED) is 0.911. The van der Waals surface area contributed by atoms with Gasteiger partial charge in [0.2, 0.25) is 0 Å². The van der Waals surface area contributed by atoms with Crippen LogP contribution in [0.15, 0.2) is 15.7 Å². The van der Waals surface area contributed by atoms with Crippen LogP contribution in [0.4, 0.5) is 4.79 Å². The van der Waals surface area contributed by atoms with E-state index >= 15 is 0 Å². The van der Waals surface area contributed by atoms with Gasteiger partial charge in [0.05, 0.1) is 5.02 Å². The van der Waals surface area contributed by atoms with Crippen LogP contribution in [0.25, 0.3) is 0 Å². The second-order valence-electron chi connectivity index (χ2n) is 4.16. The van der Waals surface area contributed by atoms with E-state index in [1.54, 1.807) is 25.5 Å². The first kappa shape index (κ1) is 14.3. The summed E-state index contributed by atoms with van der Waals surface area (Å²) in [4.78, 5) is 11.3. The Labute approximate surface area is 109 Å². The molecule has 1 N–H and O–H groups in total. The highest BCUT2D eigenvalue weighted by Gasteiger charge is 2.25. The number of sulfonamides is 1. The lowest BCUT2D eigenvalue weighted by Gasteiger charge is -2.19. The van der Waals surface area contributed by atoms with Gasteiger partial charge in [-0.3, -0.25) is 0 Å². The van der Waals surface area contributed by atoms with Crippen molar-refractivity contribution in [1.29, 1.82) is 0 Å². The Bertz CT molecular complexity index is 515. The number of ether oxygens (including phenoxy) is 1. The van der Waals surface area contributed by atoms with Crippen LogP contribution in [0.2, 0.25) is 5.02 Å². The van der Waals surface area contributed by atoms with E-state index in [1.807, 2.05) is 0 Å². The van der Waals surface area contributed by atoms with Crippen molar-refractivity contribution in [3.63, 3.8) is 0 Å². The number of halogens is 1. The lowest BCUT2D eigenvalue weighted by molar-refractivity contribution is 0.0570. The van der Waals surface area contributed by atoms with E-state index in [4.69, 9.17) is 16.3 Å². The molecule has 0 unspecified atom stereocenters. The van der Waals surface area contributed by atoms with Crippen LogP contribution in [0.5, 0.6) is 0 Å². The van der Waals surface area contributed by atoms with Crippen molar-refractivity contribution in [2.45, 2.75) is 30.6 Å². The molecule has 1 heterocycles. The summed E-state index contributed by atoms with van der Waals surface area (Å²) in [6.07, 6.45) is -1.03. The molecule has 1 aromatic rings. The summed E-state index contributed by atoms with van der Waals surface area (Å²) in [6, 6.07) is 1.44. The largest absolute Gasteiger partial charge is 0.443 e. The van der Waals surface area contributed by atoms with Gasteiger partial charge in [0.25, 0.3) is 10.0 Å². The molecule has 0 atom stereocenters. The summed E-state index contributed by atoms with van der Waals surface area (Å²) >= 11 is 6.61. The van der Waals surface area contributed by atoms with Crippen LogP contribution in [0, 0.1) is 0 Å². The summed E-state index contributed by atoms with van der Waals surface area (Å²) < 4.78 is 30.0. The molecule has 0 aliphatic rings. The molecular weight excluding hydrogens is 286 g/mol. The summed E-state index contributed by atoms with van der Waals surface area (Å²) in [5.74, 6) is 0. The van der Waals surface area contributed by atoms with E-state index in [0.717, 1.165) is 11.3 Å². The highest BCUT2D eigenvalue weighted by atomic mass is 35.5. The molecule has 0 aromatic carbocycles. The predicted molar refractivity (Wildman–Crippen MR) is 65.9 cm³/mol. The Kier molecular flexibility index (Phi) is 4.06. The number of thiophene rings is 1. The molecule has 0 aliphatic carbocycles. The number of amides is 1. The average Bonchev–Trinajstić information content (AvgIpc) is 2.46. The second kappa shape index (κ2) is 4.83. The van der Waals surface area contributed by atoms with Crippen molar-refractivity contribution in [3.8, 4) is 0 Å². The molecule has 0 spiro atoms. The summed E-state index contributed by atoms with van der Waals surface area (Å²) in [7, 11) is -3.96. The third kappa shape index (κ3) is 4.18. The molecule has 0 radical (unpaired) electrons. The van der Waals surface area contributed by atoms with Crippen LogP contribution < -0.4 is 4.72 Å². The Morgan fingerprint density at radius 3 is 2.47 bits per heavy atom. The fourth-order valence-electron chi connectivity index (χ4n) is 0.927. The molecule has 1 amide bonds. The number of carbonyl (C=O) groups is 1. The van der Waals surface area contributed by atoms with Gasteiger partial charge in [0, 0.05) is 0 Å². The average molecular weight is 298 g/mol. The number of hydrogen-bond acceptors (Lipinski definition) is 5. The highest BCUT2D eigenvalue weighted by Crippen LogP contribution is 2.26. The van der Waals surface area contributed by atoms with Crippen LogP contribution in [0.3, 0.4) is 0 Å². The lowest BCUT2D eigenvalue weighted by Crippen LogP contribution is -2.36. The Morgan fingerprint density at radius 1 is 1.47 bits per heavy atom. The first-order chi connectivity index (χ1) is 7.62. The Balaban J connectivity index is 2.82. The van der Waals surface area contributed by atoms with Gasteiger partial charge in [-0.15, -0.1) is 11.3 Å². The SMILES string of the molecule is CC(C)(C)OC(=O)NS(=O)(=O)c1sccc1Cl. The molecular formula is C9H12ClNO4S2. The molecule has 5 nitrogen and oxygen atoms in total. The summed E-state index contributed by atoms with van der Waals surface area (Å²) in [6.45, 7) is 4.91. The third-order valence-corrected chi connectivity index (χ3v) is 4.78. The fourth-order valence-corrected chi connectivity index (χ4v) is 3.49. The van der Waals surface area contributed by atoms with Crippen molar-refractivity contribution in [2.24, 2.45) is 0 Å². The molecule has 0 bridgehead atoms. The van der Waals surface area contributed by atoms with Gasteiger partial charge in [-0.1, -0.05) is 11.6 Å². The topological polar surface area (TPSA) is 72.5 Å². The Hall–Kier alpha value is -0.790. The molecule has 17 heavy (non-hydrogen) atoms. The summed E-state index contributed by atoms with van der Waals surface area (Å²) in [5.41, 5.74) is -0.765. The second-order valence-corrected chi connectivity index (χ2v) is 7.36. The van der Waals surface area contributed by atoms with Crippen LogP contribution in [-0.2, 0) is 14.8 Å². The summed E-state index contributed by atoms with van der Waals surface area (Å²) in [5, 5.41) is 1.59. The van der Waals surface area contributed by atoms with Crippen molar-refractivity contribution < 1.29 is 17.9 Å². The maximum Gasteiger partial charge on any atom is 0.421 e. The van der Waals surface area contributed by atoms with Crippen molar-refractivity contribution in [1.82, 2.24) is 4.72 Å². The maximum absolute atomic E-state index is 11.7. The van der Waals surface area contributed by atoms with E-state index in [0.29, 0.717) is 0 Å². The molecule has 0 saturated carbocycles. The standard InChI is InChI=1S/C9H12ClNO4S2/c1-9(2,3)15-8(12)11-17(13,14)7-6(10)4-5-16-7/h4-5H,1-3H3,(H,11,12). The lowest BCUT2D eigenvalue weighted by atomic mass is 10.2. The minimum absolute atomic E-state index is 0.0751. The van der Waals surface area contributed by atoms with Crippen LogP contribution >= 0.6 is 22.9 Å². The first-order valence-corrected chi connectivity index (χ1v) is 7.35. The van der Waals surface area contributed by atoms with Gasteiger partial charge in [0.1, 0.15) is 5.60 Å². The molecule has 0 saturated heterocycles. The normalized spacial score (nSPS) is 12.2. The van der Waals surface area contributed by atoms with Crippen molar-refractivity contribution >= 4 is 39.1 Å². The zero-order valence-corrected chi connectivity index (χ0v) is 11.9. The number of rotatable bonds is 2. The van der Waals surface area contributed by atoms with E-state index in [9.17, 15) is 13.2 Å². The van der Waals surface area contributed by atoms with Gasteiger partial charge >= 0.3 is 6.09 Å². The first-order valence-electron chi connectivity index (χ1n) is 4.60. The minimum atomic E-state index is -3.96. The van der Waals surface area contributed by atoms with E-state index in [2.05, 4.69) is 0 Å². The van der Waals surface area contributed by atoms with Crippen molar-refractivity contribution in [3.05, 3.63) is 16.5 Å². The number of nitrogens with one attached hydrogen (secondary N) is 1. The third-order valence-electron chi connectivity index (χ3n) is 1.45. The molecule has 1 rings (SSSR count). The van der Waals surface area contributed by atoms with Crippen molar-refractivity contribution in [2.75, 3.05) is 0 Å². The van der Waals surface area contributed by atoms with Gasteiger partial charge in [-0.25, -0.2) is 17.9 Å². The monoisotopic (exact) mass is 297 g/mol. The molecule has 0 fully saturated rings. The van der Waals surface area contributed by atoms with Gasteiger partial charge in [-0.05, 0) is 32.2 Å². The number of carbonyl (C=O) groups excluding carboxylic acids is 1. The molecule has 8 heteroatoms. The predicted octanol–water partition coefficient (Wildman–Crippen LogP) is 2.61. The molecule has 0 aliphatic heterocycles. The zero-order valence-electron chi connectivity index (χ0n) is 9.48. The zero-order chi connectivity index (χ0) is 13.3. The molecule has 96 valence electrons. The van der Waals surface area contributed by atoms with Gasteiger partial charge in [0.15, 0.2) is 4.21 Å². The van der Waals surface area contributed by atoms with Gasteiger partial charge < -0.3 is 4.74 Å². The van der Waals surface area contributed by atoms with Crippen LogP contribution in [-0.4, -0.2) is 20.1 Å². The number of hydrogen-bond donors (Lipinski definition) is 1. The smallest absolute Gasteiger partial charge is 0.421 e. The minimum Gasteiger partial charge on any atom is -0.443 e. The molecule has 1 aromatic heterocycles. The fraction of sp³-hybridized carbons (Fsp3) is 0.444. The van der Waals surface area contributed by atoms with Crippen LogP contribution in [0.1, 0.15) is 20.8 Å². The van der Waals surface area contributed by atoms with Gasteiger partial charge in [-0.2, -0.15) is 0 Å².